The molecule has 1 unspecified atom stereocenters. The zero-order valence-corrected chi connectivity index (χ0v) is 6.16. The summed E-state index contributed by atoms with van der Waals surface area (Å²) in [4.78, 5) is 0. The summed E-state index contributed by atoms with van der Waals surface area (Å²) in [7, 11) is 6.20. The van der Waals surface area contributed by atoms with Gasteiger partial charge in [0.25, 0.3) is 0 Å². The Bertz CT molecular complexity index is 53.6. The first-order chi connectivity index (χ1) is 2.94. The van der Waals surface area contributed by atoms with Crippen LogP contribution in [0.2, 0.25) is 0 Å². The Labute approximate surface area is 50.5 Å². The van der Waals surface area contributed by atoms with Crippen molar-refractivity contribution in [1.29, 1.82) is 0 Å². The Morgan fingerprint density at radius 2 is 1.43 bits per heavy atom. The molecular weight excluding hydrogens is 110 g/mol. The maximum Gasteiger partial charge on any atom is 0.161 e. The predicted molar refractivity (Wildman–Crippen MR) is 33.3 cm³/mol. The van der Waals surface area contributed by atoms with Crippen molar-refractivity contribution in [2.24, 2.45) is 0 Å². The predicted octanol–water partition coefficient (Wildman–Crippen LogP) is 1.28. The van der Waals surface area contributed by atoms with Crippen LogP contribution >= 0.6 is 11.6 Å². The van der Waals surface area contributed by atoms with Crippen LogP contribution in [-0.4, -0.2) is 31.1 Å². The van der Waals surface area contributed by atoms with E-state index in [4.69, 9.17) is 11.6 Å². The third-order valence-electron chi connectivity index (χ3n) is 1.07. The molecule has 0 heterocycles. The third kappa shape index (κ3) is 2.89. The zero-order chi connectivity index (χ0) is 6.08. The van der Waals surface area contributed by atoms with E-state index < -0.39 is 0 Å². The number of quaternary nitrogens is 1. The number of rotatable bonds is 1. The van der Waals surface area contributed by atoms with Crippen LogP contribution in [-0.2, 0) is 0 Å². The molecule has 0 radical (unpaired) electrons. The summed E-state index contributed by atoms with van der Waals surface area (Å²) in [6, 6.07) is 0. The summed E-state index contributed by atoms with van der Waals surface area (Å²) in [6.45, 7) is 1.99. The van der Waals surface area contributed by atoms with Crippen molar-refractivity contribution in [3.05, 3.63) is 0 Å². The number of halogens is 1. The Balaban J connectivity index is 3.54. The monoisotopic (exact) mass is 122 g/mol. The number of hydrogen-bond acceptors (Lipinski definition) is 0. The molecule has 7 heavy (non-hydrogen) atoms. The lowest BCUT2D eigenvalue weighted by Gasteiger charge is -2.26. The topological polar surface area (TPSA) is 0 Å². The average Bonchev–Trinajstić information content (AvgIpc) is 1.31. The summed E-state index contributed by atoms with van der Waals surface area (Å²) >= 11 is 5.73. The van der Waals surface area contributed by atoms with Gasteiger partial charge >= 0.3 is 0 Å². The largest absolute Gasteiger partial charge is 0.316 e. The molecule has 1 nitrogen and oxygen atoms in total. The lowest BCUT2D eigenvalue weighted by atomic mass is 10.6. The van der Waals surface area contributed by atoms with Crippen molar-refractivity contribution in [2.75, 3.05) is 21.1 Å². The van der Waals surface area contributed by atoms with E-state index >= 15 is 0 Å². The van der Waals surface area contributed by atoms with Crippen molar-refractivity contribution >= 4 is 11.6 Å². The third-order valence-corrected chi connectivity index (χ3v) is 1.65. The van der Waals surface area contributed by atoms with E-state index in [0.29, 0.717) is 0 Å². The molecule has 0 rings (SSSR count). The highest BCUT2D eigenvalue weighted by atomic mass is 35.5. The van der Waals surface area contributed by atoms with Gasteiger partial charge in [0, 0.05) is 6.92 Å². The first kappa shape index (κ1) is 7.25. The molecule has 0 aliphatic carbocycles. The van der Waals surface area contributed by atoms with Gasteiger partial charge in [0.2, 0.25) is 0 Å². The molecule has 44 valence electrons. The quantitative estimate of drug-likeness (QED) is 0.279. The van der Waals surface area contributed by atoms with Crippen molar-refractivity contribution in [3.8, 4) is 0 Å². The highest BCUT2D eigenvalue weighted by Gasteiger charge is 2.12. The highest BCUT2D eigenvalue weighted by molar-refractivity contribution is 6.19. The summed E-state index contributed by atoms with van der Waals surface area (Å²) in [5, 5.41) is 0. The Morgan fingerprint density at radius 1 is 1.29 bits per heavy atom. The van der Waals surface area contributed by atoms with Gasteiger partial charge in [0.1, 0.15) is 0 Å². The Kier molecular flexibility index (Phi) is 2.09. The minimum Gasteiger partial charge on any atom is -0.316 e. The second kappa shape index (κ2) is 2.01. The van der Waals surface area contributed by atoms with Crippen molar-refractivity contribution in [3.63, 3.8) is 0 Å². The second-order valence-corrected chi connectivity index (χ2v) is 3.32. The molecule has 0 N–H and O–H groups in total. The second-order valence-electron chi connectivity index (χ2n) is 2.69. The minimum atomic E-state index is 0.208. The van der Waals surface area contributed by atoms with Crippen LogP contribution in [0.5, 0.6) is 0 Å². The Morgan fingerprint density at radius 3 is 1.43 bits per heavy atom. The van der Waals surface area contributed by atoms with Gasteiger partial charge < -0.3 is 4.48 Å². The maximum absolute atomic E-state index is 5.73. The molecule has 0 amide bonds. The van der Waals surface area contributed by atoms with Crippen molar-refractivity contribution in [1.82, 2.24) is 0 Å². The van der Waals surface area contributed by atoms with Crippen molar-refractivity contribution < 1.29 is 4.48 Å². The molecule has 0 spiro atoms. The van der Waals surface area contributed by atoms with Gasteiger partial charge in [-0.15, -0.1) is 0 Å². The minimum absolute atomic E-state index is 0.208. The molecule has 0 aromatic carbocycles. The zero-order valence-electron chi connectivity index (χ0n) is 5.40. The molecule has 0 saturated heterocycles. The van der Waals surface area contributed by atoms with Gasteiger partial charge in [-0.25, -0.2) is 0 Å². The fourth-order valence-corrected chi connectivity index (χ4v) is 0. The standard InChI is InChI=1S/C5H13ClN/c1-5(6)7(2,3)4/h5H,1-4H3/q+1. The van der Waals surface area contributed by atoms with Gasteiger partial charge in [0.15, 0.2) is 5.50 Å². The van der Waals surface area contributed by atoms with Gasteiger partial charge in [-0.2, -0.15) is 0 Å². The van der Waals surface area contributed by atoms with Crippen LogP contribution in [0, 0.1) is 0 Å². The summed E-state index contributed by atoms with van der Waals surface area (Å²) < 4.78 is 0.821. The summed E-state index contributed by atoms with van der Waals surface area (Å²) in [5.41, 5.74) is 0.208. The molecule has 0 aromatic rings. The maximum atomic E-state index is 5.73. The van der Waals surface area contributed by atoms with E-state index in [9.17, 15) is 0 Å². The van der Waals surface area contributed by atoms with Crippen LogP contribution in [0.25, 0.3) is 0 Å². The fraction of sp³-hybridized carbons (Fsp3) is 1.00. The van der Waals surface area contributed by atoms with Gasteiger partial charge in [-0.05, 0) is 0 Å². The van der Waals surface area contributed by atoms with E-state index in [0.717, 1.165) is 4.48 Å². The first-order valence-electron chi connectivity index (χ1n) is 2.40. The molecule has 0 fully saturated rings. The van der Waals surface area contributed by atoms with E-state index in [-0.39, 0.29) is 5.50 Å². The number of nitrogens with zero attached hydrogens (tertiary/aromatic N) is 1. The lowest BCUT2D eigenvalue weighted by molar-refractivity contribution is -0.880. The molecule has 0 aliphatic rings. The van der Waals surface area contributed by atoms with Crippen LogP contribution in [0.3, 0.4) is 0 Å². The van der Waals surface area contributed by atoms with E-state index in [1.807, 2.05) is 6.92 Å². The number of alkyl halides is 1. The molecule has 0 aromatic heterocycles. The molecule has 1 atom stereocenters. The average molecular weight is 123 g/mol. The van der Waals surface area contributed by atoms with Crippen LogP contribution in [0.1, 0.15) is 6.92 Å². The number of hydrogen-bond donors (Lipinski definition) is 0. The molecule has 0 bridgehead atoms. The molecule has 0 aliphatic heterocycles. The highest BCUT2D eigenvalue weighted by Crippen LogP contribution is 2.04. The van der Waals surface area contributed by atoms with Crippen molar-refractivity contribution in [2.45, 2.75) is 12.4 Å². The van der Waals surface area contributed by atoms with Crippen LogP contribution in [0.4, 0.5) is 0 Å². The van der Waals surface area contributed by atoms with Gasteiger partial charge in [-0.3, -0.25) is 0 Å². The van der Waals surface area contributed by atoms with E-state index in [1.165, 1.54) is 0 Å². The van der Waals surface area contributed by atoms with Gasteiger partial charge in [0.05, 0.1) is 21.1 Å². The van der Waals surface area contributed by atoms with Crippen LogP contribution < -0.4 is 0 Å². The molecule has 0 saturated carbocycles. The summed E-state index contributed by atoms with van der Waals surface area (Å²) in [5.74, 6) is 0. The Hall–Kier alpha value is 0.250. The normalized spacial score (nSPS) is 16.7. The summed E-state index contributed by atoms with van der Waals surface area (Å²) in [6.07, 6.45) is 0. The SMILES string of the molecule is CC(Cl)[N+](C)(C)C. The first-order valence-corrected chi connectivity index (χ1v) is 2.83. The van der Waals surface area contributed by atoms with Crippen LogP contribution in [0.15, 0.2) is 0 Å². The van der Waals surface area contributed by atoms with Gasteiger partial charge in [-0.1, -0.05) is 11.6 Å². The lowest BCUT2D eigenvalue weighted by Crippen LogP contribution is -2.39. The fourth-order valence-electron chi connectivity index (χ4n) is 0. The van der Waals surface area contributed by atoms with E-state index in [1.54, 1.807) is 0 Å². The molecule has 2 heteroatoms. The molecular formula is C5H13ClN+. The smallest absolute Gasteiger partial charge is 0.161 e. The van der Waals surface area contributed by atoms with E-state index in [2.05, 4.69) is 21.1 Å².